The van der Waals surface area contributed by atoms with Crippen LogP contribution in [0.4, 0.5) is 5.69 Å². The highest BCUT2D eigenvalue weighted by molar-refractivity contribution is 7.90. The number of methoxy groups -OCH3 is 1. The maximum absolute atomic E-state index is 11.9. The largest absolute Gasteiger partial charge is 0.496 e. The smallest absolute Gasteiger partial charge is 0.156 e. The van der Waals surface area contributed by atoms with Crippen LogP contribution in [0, 0.1) is 12.8 Å². The summed E-state index contributed by atoms with van der Waals surface area (Å²) in [4.78, 5) is 16.3. The highest BCUT2D eigenvalue weighted by atomic mass is 32.2. The average Bonchev–Trinajstić information content (AvgIpc) is 3.33. The summed E-state index contributed by atoms with van der Waals surface area (Å²) in [5.41, 5.74) is 5.37. The van der Waals surface area contributed by atoms with E-state index in [9.17, 15) is 8.42 Å². The Balaban J connectivity index is 1.58. The van der Waals surface area contributed by atoms with Crippen LogP contribution >= 0.6 is 0 Å². The van der Waals surface area contributed by atoms with Crippen LogP contribution in [0.25, 0.3) is 28.0 Å². The number of nitrogens with zero attached hydrogens (tertiary/aromatic N) is 6. The summed E-state index contributed by atoms with van der Waals surface area (Å²) in [6.45, 7) is 6.94. The molecule has 5 rings (SSSR count). The summed E-state index contributed by atoms with van der Waals surface area (Å²) in [5.74, 6) is 1.77. The first-order valence-electron chi connectivity index (χ1n) is 13.0. The number of anilines is 1. The first-order valence-corrected chi connectivity index (χ1v) is 15.0. The number of aromatic nitrogens is 5. The van der Waals surface area contributed by atoms with E-state index < -0.39 is 9.84 Å². The predicted octanol–water partition coefficient (Wildman–Crippen LogP) is 4.41. The Bertz CT molecular complexity index is 1580. The molecule has 0 radical (unpaired) electrons. The second-order valence-corrected chi connectivity index (χ2v) is 12.4. The fraction of sp³-hybridized carbons (Fsp3) is 0.429. The molecule has 0 spiro atoms. The molecule has 0 saturated carbocycles. The second-order valence-electron chi connectivity index (χ2n) is 10.2. The standard InChI is InChI=1S/C28H34N6O3S/c1-6-7-8-21-11-22(33-16-20(19(33)3)17-38(5,35)36)12-28(32-21)34-26-13-25(31-18(2)23(26)15-30-34)24-14-29-10-9-27(24)37-4/h9-15,19-20H,6-8,16-17H2,1-5H3/t19-,20-/m1/s1. The third-order valence-electron chi connectivity index (χ3n) is 7.34. The zero-order chi connectivity index (χ0) is 27.0. The van der Waals surface area contributed by atoms with Gasteiger partial charge in [-0.15, -0.1) is 0 Å². The minimum absolute atomic E-state index is 0.122. The molecule has 9 nitrogen and oxygen atoms in total. The van der Waals surface area contributed by atoms with Crippen LogP contribution < -0.4 is 9.64 Å². The van der Waals surface area contributed by atoms with Gasteiger partial charge in [0.1, 0.15) is 15.6 Å². The molecule has 2 atom stereocenters. The Hall–Kier alpha value is -3.53. The Labute approximate surface area is 223 Å². The molecule has 0 aromatic carbocycles. The molecule has 0 amide bonds. The number of rotatable bonds is 9. The quantitative estimate of drug-likeness (QED) is 0.311. The number of aryl methyl sites for hydroxylation is 2. The van der Waals surface area contributed by atoms with Crippen LogP contribution in [0.5, 0.6) is 5.75 Å². The molecule has 10 heteroatoms. The molecule has 0 N–H and O–H groups in total. The van der Waals surface area contributed by atoms with Crippen molar-refractivity contribution < 1.29 is 13.2 Å². The number of fused-ring (bicyclic) bond motifs is 1. The Morgan fingerprint density at radius 2 is 1.97 bits per heavy atom. The minimum atomic E-state index is -3.02. The number of sulfone groups is 1. The van der Waals surface area contributed by atoms with Crippen molar-refractivity contribution in [2.45, 2.75) is 46.1 Å². The van der Waals surface area contributed by atoms with E-state index in [1.165, 1.54) is 6.26 Å². The van der Waals surface area contributed by atoms with Crippen LogP contribution in [0.1, 0.15) is 38.1 Å². The first kappa shape index (κ1) is 26.1. The Kier molecular flexibility index (Phi) is 7.09. The zero-order valence-corrected chi connectivity index (χ0v) is 23.4. The van der Waals surface area contributed by atoms with Crippen LogP contribution in [-0.2, 0) is 16.3 Å². The summed E-state index contributed by atoms with van der Waals surface area (Å²) in [5, 5.41) is 5.67. The van der Waals surface area contributed by atoms with E-state index >= 15 is 0 Å². The number of hydrogen-bond acceptors (Lipinski definition) is 8. The normalized spacial score (nSPS) is 17.6. The summed E-state index contributed by atoms with van der Waals surface area (Å²) in [7, 11) is -1.38. The molecule has 1 saturated heterocycles. The third-order valence-corrected chi connectivity index (χ3v) is 8.38. The average molecular weight is 535 g/mol. The van der Waals surface area contributed by atoms with Crippen molar-refractivity contribution in [2.75, 3.05) is 30.6 Å². The van der Waals surface area contributed by atoms with Gasteiger partial charge in [0.25, 0.3) is 0 Å². The van der Waals surface area contributed by atoms with E-state index in [-0.39, 0.29) is 17.7 Å². The lowest BCUT2D eigenvalue weighted by molar-refractivity contribution is 0.341. The predicted molar refractivity (Wildman–Crippen MR) is 150 cm³/mol. The minimum Gasteiger partial charge on any atom is -0.496 e. The van der Waals surface area contributed by atoms with E-state index in [4.69, 9.17) is 19.8 Å². The molecular formula is C28H34N6O3S. The van der Waals surface area contributed by atoms with Crippen molar-refractivity contribution in [1.29, 1.82) is 0 Å². The molecule has 5 heterocycles. The van der Waals surface area contributed by atoms with Gasteiger partial charge >= 0.3 is 0 Å². The summed E-state index contributed by atoms with van der Waals surface area (Å²) >= 11 is 0. The molecule has 38 heavy (non-hydrogen) atoms. The molecule has 4 aromatic heterocycles. The van der Waals surface area contributed by atoms with Crippen molar-refractivity contribution in [3.05, 3.63) is 54.2 Å². The number of ether oxygens (including phenoxy) is 1. The molecule has 200 valence electrons. The van der Waals surface area contributed by atoms with E-state index in [1.807, 2.05) is 29.9 Å². The number of pyridine rings is 3. The van der Waals surface area contributed by atoms with Crippen molar-refractivity contribution in [3.8, 4) is 22.8 Å². The molecule has 0 aliphatic carbocycles. The lowest BCUT2D eigenvalue weighted by Crippen LogP contribution is -2.57. The van der Waals surface area contributed by atoms with Crippen LogP contribution in [0.15, 0.2) is 42.9 Å². The van der Waals surface area contributed by atoms with Gasteiger partial charge in [0.2, 0.25) is 0 Å². The summed E-state index contributed by atoms with van der Waals surface area (Å²) < 4.78 is 31.2. The lowest BCUT2D eigenvalue weighted by atomic mass is 9.91. The molecule has 1 aliphatic rings. The van der Waals surface area contributed by atoms with E-state index in [0.29, 0.717) is 12.3 Å². The van der Waals surface area contributed by atoms with Gasteiger partial charge in [0.15, 0.2) is 5.82 Å². The maximum Gasteiger partial charge on any atom is 0.156 e. The van der Waals surface area contributed by atoms with Gasteiger partial charge in [-0.25, -0.2) is 18.1 Å². The van der Waals surface area contributed by atoms with Crippen LogP contribution in [0.2, 0.25) is 0 Å². The molecule has 0 bridgehead atoms. The van der Waals surface area contributed by atoms with Gasteiger partial charge in [-0.05, 0) is 44.9 Å². The van der Waals surface area contributed by atoms with E-state index in [2.05, 4.69) is 35.9 Å². The molecule has 4 aromatic rings. The van der Waals surface area contributed by atoms with Crippen molar-refractivity contribution in [1.82, 2.24) is 24.7 Å². The van der Waals surface area contributed by atoms with Crippen molar-refractivity contribution in [3.63, 3.8) is 0 Å². The molecular weight excluding hydrogens is 500 g/mol. The summed E-state index contributed by atoms with van der Waals surface area (Å²) in [6.07, 6.45) is 9.57. The van der Waals surface area contributed by atoms with Gasteiger partial charge in [-0.3, -0.25) is 9.97 Å². The highest BCUT2D eigenvalue weighted by Gasteiger charge is 2.37. The molecule has 1 fully saturated rings. The second kappa shape index (κ2) is 10.3. The van der Waals surface area contributed by atoms with Crippen molar-refractivity contribution in [2.24, 2.45) is 5.92 Å². The maximum atomic E-state index is 11.9. The van der Waals surface area contributed by atoms with Crippen LogP contribution in [-0.4, -0.2) is 64.9 Å². The van der Waals surface area contributed by atoms with Gasteiger partial charge in [0.05, 0.1) is 35.8 Å². The van der Waals surface area contributed by atoms with E-state index in [0.717, 1.165) is 64.3 Å². The number of unbranched alkanes of at least 4 members (excludes halogenated alkanes) is 1. The van der Waals surface area contributed by atoms with Gasteiger partial charge in [0, 0.05) is 65.7 Å². The lowest BCUT2D eigenvalue weighted by Gasteiger charge is -2.48. The molecule has 0 unspecified atom stereocenters. The Morgan fingerprint density at radius 1 is 1.16 bits per heavy atom. The Morgan fingerprint density at radius 3 is 2.68 bits per heavy atom. The fourth-order valence-electron chi connectivity index (χ4n) is 5.18. The van der Waals surface area contributed by atoms with Crippen molar-refractivity contribution >= 4 is 26.4 Å². The number of hydrogen-bond donors (Lipinski definition) is 0. The summed E-state index contributed by atoms with van der Waals surface area (Å²) in [6, 6.07) is 8.14. The topological polar surface area (TPSA) is 103 Å². The zero-order valence-electron chi connectivity index (χ0n) is 22.5. The van der Waals surface area contributed by atoms with Gasteiger partial charge in [-0.1, -0.05) is 13.3 Å². The highest BCUT2D eigenvalue weighted by Crippen LogP contribution is 2.35. The monoisotopic (exact) mass is 534 g/mol. The first-order chi connectivity index (χ1) is 18.2. The van der Waals surface area contributed by atoms with E-state index in [1.54, 1.807) is 19.5 Å². The molecule has 1 aliphatic heterocycles. The SMILES string of the molecule is CCCCc1cc(N2C[C@H](CS(C)(=O)=O)[C@H]2C)cc(-n2ncc3c(C)nc(-c4cnccc4OC)cc32)n1. The fourth-order valence-corrected chi connectivity index (χ4v) is 6.34. The third kappa shape index (κ3) is 5.09. The van der Waals surface area contributed by atoms with Crippen LogP contribution in [0.3, 0.4) is 0 Å². The van der Waals surface area contributed by atoms with Gasteiger partial charge in [-0.2, -0.15) is 5.10 Å². The van der Waals surface area contributed by atoms with Gasteiger partial charge < -0.3 is 9.64 Å².